The van der Waals surface area contributed by atoms with Gasteiger partial charge in [-0.05, 0) is 39.9 Å². The molecule has 3 rings (SSSR count). The van der Waals surface area contributed by atoms with E-state index in [1.165, 1.54) is 11.8 Å². The molecular weight excluding hydrogens is 374 g/mol. The lowest BCUT2D eigenvalue weighted by Crippen LogP contribution is -2.57. The third kappa shape index (κ3) is 3.69. The number of halogens is 1. The van der Waals surface area contributed by atoms with E-state index in [0.717, 1.165) is 12.8 Å². The highest BCUT2D eigenvalue weighted by Gasteiger charge is 2.45. The molecule has 1 amide bonds. The van der Waals surface area contributed by atoms with Crippen LogP contribution in [-0.2, 0) is 4.74 Å². The van der Waals surface area contributed by atoms with Gasteiger partial charge in [-0.1, -0.05) is 23.4 Å². The minimum atomic E-state index is -0.519. The van der Waals surface area contributed by atoms with Crippen LogP contribution in [0.1, 0.15) is 39.2 Å². The van der Waals surface area contributed by atoms with E-state index in [2.05, 4.69) is 20.9 Å². The van der Waals surface area contributed by atoms with Gasteiger partial charge in [0.1, 0.15) is 17.2 Å². The van der Waals surface area contributed by atoms with Gasteiger partial charge in [0.2, 0.25) is 0 Å². The number of nitriles is 1. The Morgan fingerprint density at radius 1 is 1.31 bits per heavy atom. The van der Waals surface area contributed by atoms with E-state index >= 15 is 0 Å². The molecule has 0 saturated carbocycles. The van der Waals surface area contributed by atoms with E-state index in [9.17, 15) is 10.1 Å². The molecule has 2 aliphatic heterocycles. The first kappa shape index (κ1) is 19.1. The van der Waals surface area contributed by atoms with E-state index in [1.807, 2.05) is 31.9 Å². The monoisotopic (exact) mass is 395 g/mol. The molecule has 1 aromatic heterocycles. The van der Waals surface area contributed by atoms with E-state index in [0.29, 0.717) is 24.1 Å². The number of ether oxygens (including phenoxy) is 1. The lowest BCUT2D eigenvalue weighted by Gasteiger charge is -2.42. The maximum absolute atomic E-state index is 12.6. The summed E-state index contributed by atoms with van der Waals surface area (Å²) >= 11 is 7.56. The van der Waals surface area contributed by atoms with Gasteiger partial charge in [-0.2, -0.15) is 5.26 Å². The molecule has 0 aliphatic carbocycles. The zero-order valence-corrected chi connectivity index (χ0v) is 16.9. The number of amides is 1. The van der Waals surface area contributed by atoms with Crippen LogP contribution in [0.3, 0.4) is 0 Å². The van der Waals surface area contributed by atoms with Crippen molar-refractivity contribution in [3.63, 3.8) is 0 Å². The topological polar surface area (TPSA) is 82.4 Å². The average molecular weight is 396 g/mol. The molecule has 140 valence electrons. The van der Waals surface area contributed by atoms with Crippen molar-refractivity contribution in [2.45, 2.75) is 56.5 Å². The Labute approximate surface area is 162 Å². The Hall–Kier alpha value is -1.72. The molecule has 2 aliphatic rings. The SMILES string of the molecule is CSc1nc(Cl)c(C#N)c(N2C[C@H]3CC[C@@H](C2)N3C(=O)OC(C)(C)C)n1. The van der Waals surface area contributed by atoms with Crippen LogP contribution >= 0.6 is 23.4 Å². The van der Waals surface area contributed by atoms with Crippen LogP contribution in [0, 0.1) is 11.3 Å². The smallest absolute Gasteiger partial charge is 0.410 e. The fourth-order valence-electron chi connectivity index (χ4n) is 3.51. The lowest BCUT2D eigenvalue weighted by molar-refractivity contribution is 0.0122. The summed E-state index contributed by atoms with van der Waals surface area (Å²) in [4.78, 5) is 25.1. The highest BCUT2D eigenvalue weighted by atomic mass is 35.5. The van der Waals surface area contributed by atoms with Gasteiger partial charge in [-0.3, -0.25) is 4.90 Å². The molecule has 2 atom stereocenters. The second kappa shape index (κ2) is 7.12. The minimum Gasteiger partial charge on any atom is -0.444 e. The van der Waals surface area contributed by atoms with Gasteiger partial charge >= 0.3 is 6.09 Å². The lowest BCUT2D eigenvalue weighted by atomic mass is 10.1. The maximum atomic E-state index is 12.6. The number of piperazine rings is 1. The molecule has 0 aromatic carbocycles. The molecule has 26 heavy (non-hydrogen) atoms. The predicted octanol–water partition coefficient (Wildman–Crippen LogP) is 3.31. The minimum absolute atomic E-state index is 0.0432. The second-order valence-corrected chi connectivity index (χ2v) is 8.62. The number of thioether (sulfide) groups is 1. The quantitative estimate of drug-likeness (QED) is 0.431. The standard InChI is InChI=1S/C17H22ClN5O2S/c1-17(2,3)25-16(24)23-10-5-6-11(23)9-22(8-10)14-12(7-19)13(18)20-15(21-14)26-4/h10-11H,5-6,8-9H2,1-4H3/t10-,11+. The summed E-state index contributed by atoms with van der Waals surface area (Å²) in [6.07, 6.45) is 3.43. The first-order valence-corrected chi connectivity index (χ1v) is 10.1. The van der Waals surface area contributed by atoms with Crippen LogP contribution in [0.2, 0.25) is 5.15 Å². The molecule has 2 saturated heterocycles. The predicted molar refractivity (Wildman–Crippen MR) is 101 cm³/mol. The summed E-state index contributed by atoms with van der Waals surface area (Å²) < 4.78 is 5.57. The molecule has 0 spiro atoms. The van der Waals surface area contributed by atoms with E-state index < -0.39 is 5.60 Å². The number of hydrogen-bond acceptors (Lipinski definition) is 7. The molecular formula is C17H22ClN5O2S. The Kier molecular flexibility index (Phi) is 5.22. The second-order valence-electron chi connectivity index (χ2n) is 7.49. The number of carbonyl (C=O) groups is 1. The summed E-state index contributed by atoms with van der Waals surface area (Å²) in [5.41, 5.74) is -0.232. The average Bonchev–Trinajstić information content (AvgIpc) is 2.83. The number of rotatable bonds is 2. The van der Waals surface area contributed by atoms with E-state index in [1.54, 1.807) is 0 Å². The van der Waals surface area contributed by atoms with Gasteiger partial charge in [0.15, 0.2) is 16.1 Å². The first-order chi connectivity index (χ1) is 12.2. The van der Waals surface area contributed by atoms with Gasteiger partial charge in [0, 0.05) is 13.1 Å². The van der Waals surface area contributed by atoms with Crippen LogP contribution < -0.4 is 4.90 Å². The number of aromatic nitrogens is 2. The van der Waals surface area contributed by atoms with Crippen molar-refractivity contribution in [3.8, 4) is 6.07 Å². The number of anilines is 1. The summed E-state index contributed by atoms with van der Waals surface area (Å²) in [7, 11) is 0. The van der Waals surface area contributed by atoms with Crippen molar-refractivity contribution in [2.24, 2.45) is 0 Å². The van der Waals surface area contributed by atoms with Crippen molar-refractivity contribution in [1.82, 2.24) is 14.9 Å². The Morgan fingerprint density at radius 3 is 2.42 bits per heavy atom. The number of nitrogens with zero attached hydrogens (tertiary/aromatic N) is 5. The van der Waals surface area contributed by atoms with Crippen LogP contribution in [0.5, 0.6) is 0 Å². The molecule has 2 fully saturated rings. The van der Waals surface area contributed by atoms with Gasteiger partial charge in [0.25, 0.3) is 0 Å². The number of carbonyl (C=O) groups excluding carboxylic acids is 1. The van der Waals surface area contributed by atoms with Crippen molar-refractivity contribution in [3.05, 3.63) is 10.7 Å². The van der Waals surface area contributed by atoms with Crippen LogP contribution in [0.15, 0.2) is 5.16 Å². The fourth-order valence-corrected chi connectivity index (χ4v) is 4.13. The van der Waals surface area contributed by atoms with E-state index in [-0.39, 0.29) is 28.9 Å². The summed E-state index contributed by atoms with van der Waals surface area (Å²) in [6.45, 7) is 6.82. The highest BCUT2D eigenvalue weighted by Crippen LogP contribution is 2.35. The Bertz CT molecular complexity index is 747. The third-order valence-corrected chi connectivity index (χ3v) is 5.33. The van der Waals surface area contributed by atoms with Crippen LogP contribution in [-0.4, -0.2) is 58.0 Å². The molecule has 1 aromatic rings. The zero-order chi connectivity index (χ0) is 19.1. The zero-order valence-electron chi connectivity index (χ0n) is 15.3. The largest absolute Gasteiger partial charge is 0.444 e. The highest BCUT2D eigenvalue weighted by molar-refractivity contribution is 7.98. The third-order valence-electron chi connectivity index (χ3n) is 4.51. The van der Waals surface area contributed by atoms with Gasteiger partial charge in [-0.25, -0.2) is 14.8 Å². The summed E-state index contributed by atoms with van der Waals surface area (Å²) in [5, 5.41) is 10.2. The molecule has 2 bridgehead atoms. The summed E-state index contributed by atoms with van der Waals surface area (Å²) in [5.74, 6) is 0.553. The van der Waals surface area contributed by atoms with Crippen molar-refractivity contribution in [2.75, 3.05) is 24.2 Å². The first-order valence-electron chi connectivity index (χ1n) is 8.51. The maximum Gasteiger partial charge on any atom is 0.410 e. The van der Waals surface area contributed by atoms with Gasteiger partial charge < -0.3 is 9.64 Å². The normalized spacial score (nSPS) is 22.3. The Morgan fingerprint density at radius 2 is 1.92 bits per heavy atom. The number of fused-ring (bicyclic) bond motifs is 2. The van der Waals surface area contributed by atoms with Crippen molar-refractivity contribution >= 4 is 35.3 Å². The van der Waals surface area contributed by atoms with E-state index in [4.69, 9.17) is 16.3 Å². The van der Waals surface area contributed by atoms with Gasteiger partial charge in [-0.15, -0.1) is 0 Å². The molecule has 0 unspecified atom stereocenters. The van der Waals surface area contributed by atoms with Crippen LogP contribution in [0.4, 0.5) is 10.6 Å². The molecule has 0 radical (unpaired) electrons. The Balaban J connectivity index is 1.85. The van der Waals surface area contributed by atoms with Gasteiger partial charge in [0.05, 0.1) is 12.1 Å². The van der Waals surface area contributed by atoms with Crippen molar-refractivity contribution < 1.29 is 9.53 Å². The fraction of sp³-hybridized carbons (Fsp3) is 0.647. The van der Waals surface area contributed by atoms with Crippen LogP contribution in [0.25, 0.3) is 0 Å². The number of hydrogen-bond donors (Lipinski definition) is 0. The van der Waals surface area contributed by atoms with Crippen molar-refractivity contribution in [1.29, 1.82) is 5.26 Å². The molecule has 3 heterocycles. The molecule has 9 heteroatoms. The molecule has 0 N–H and O–H groups in total. The molecule has 7 nitrogen and oxygen atoms in total. The summed E-state index contributed by atoms with van der Waals surface area (Å²) in [6, 6.07) is 2.20.